The molecule has 1 saturated carbocycles. The minimum absolute atomic E-state index is 0.0225. The number of aliphatic carboxylic acids is 1. The molecule has 0 bridgehead atoms. The molecule has 2 unspecified atom stereocenters. The van der Waals surface area contributed by atoms with Gasteiger partial charge in [0.05, 0.1) is 25.3 Å². The molecule has 0 aromatic carbocycles. The molecule has 0 radical (unpaired) electrons. The Hall–Kier alpha value is -1.45. The van der Waals surface area contributed by atoms with Gasteiger partial charge in [-0.15, -0.1) is 0 Å². The maximum absolute atomic E-state index is 12.2. The van der Waals surface area contributed by atoms with Crippen LogP contribution in [0.4, 0.5) is 0 Å². The van der Waals surface area contributed by atoms with E-state index < -0.39 is 28.1 Å². The van der Waals surface area contributed by atoms with Gasteiger partial charge in [-0.05, 0) is 12.8 Å². The molecule has 1 aliphatic carbocycles. The van der Waals surface area contributed by atoms with Gasteiger partial charge in [-0.1, -0.05) is 12.8 Å². The average Bonchev–Trinajstić information content (AvgIpc) is 2.88. The summed E-state index contributed by atoms with van der Waals surface area (Å²) >= 11 is 0. The van der Waals surface area contributed by atoms with Gasteiger partial charge in [0.1, 0.15) is 4.90 Å². The molecule has 1 aliphatic rings. The summed E-state index contributed by atoms with van der Waals surface area (Å²) in [5, 5.41) is 22.2. The van der Waals surface area contributed by atoms with E-state index in [2.05, 4.69) is 9.82 Å². The highest BCUT2D eigenvalue weighted by molar-refractivity contribution is 7.89. The summed E-state index contributed by atoms with van der Waals surface area (Å²) in [6.07, 6.45) is 4.64. The van der Waals surface area contributed by atoms with E-state index in [0.29, 0.717) is 12.8 Å². The second kappa shape index (κ2) is 6.54. The third-order valence-electron chi connectivity index (χ3n) is 3.51. The fourth-order valence-corrected chi connectivity index (χ4v) is 3.59. The molecule has 8 nitrogen and oxygen atoms in total. The van der Waals surface area contributed by atoms with Crippen molar-refractivity contribution in [2.45, 2.75) is 55.7 Å². The molecule has 3 N–H and O–H groups in total. The van der Waals surface area contributed by atoms with E-state index in [4.69, 9.17) is 5.11 Å². The van der Waals surface area contributed by atoms with Gasteiger partial charge in [0.15, 0.2) is 0 Å². The largest absolute Gasteiger partial charge is 0.481 e. The normalized spacial score (nSPS) is 23.1. The van der Waals surface area contributed by atoms with Crippen molar-refractivity contribution in [1.82, 2.24) is 14.5 Å². The van der Waals surface area contributed by atoms with Gasteiger partial charge < -0.3 is 10.2 Å². The van der Waals surface area contributed by atoms with Crippen LogP contribution in [0.25, 0.3) is 0 Å². The smallest absolute Gasteiger partial charge is 0.305 e. The summed E-state index contributed by atoms with van der Waals surface area (Å²) in [5.41, 5.74) is 0. The Balaban J connectivity index is 2.03. The van der Waals surface area contributed by atoms with Crippen molar-refractivity contribution >= 4 is 16.0 Å². The average molecular weight is 317 g/mol. The van der Waals surface area contributed by atoms with Crippen molar-refractivity contribution in [3.05, 3.63) is 12.4 Å². The lowest BCUT2D eigenvalue weighted by Crippen LogP contribution is -2.44. The number of aromatic nitrogens is 2. The highest BCUT2D eigenvalue weighted by atomic mass is 32.2. The number of carbonyl (C=O) groups is 1. The van der Waals surface area contributed by atoms with Crippen LogP contribution >= 0.6 is 0 Å². The van der Waals surface area contributed by atoms with Crippen LogP contribution in [0, 0.1) is 0 Å². The number of aryl methyl sites for hydroxylation is 1. The summed E-state index contributed by atoms with van der Waals surface area (Å²) < 4.78 is 28.2. The number of nitrogens with zero attached hydrogens (tertiary/aromatic N) is 2. The van der Waals surface area contributed by atoms with Crippen LogP contribution in [0.1, 0.15) is 32.1 Å². The molecule has 1 fully saturated rings. The fourth-order valence-electron chi connectivity index (χ4n) is 2.33. The van der Waals surface area contributed by atoms with Crippen LogP contribution in [0.15, 0.2) is 17.3 Å². The summed E-state index contributed by atoms with van der Waals surface area (Å²) in [4.78, 5) is 10.5. The maximum Gasteiger partial charge on any atom is 0.305 e. The van der Waals surface area contributed by atoms with E-state index in [1.54, 1.807) is 0 Å². The Kier molecular flexibility index (Phi) is 4.96. The van der Waals surface area contributed by atoms with Crippen LogP contribution in [0.2, 0.25) is 0 Å². The minimum atomic E-state index is -3.75. The monoisotopic (exact) mass is 317 g/mol. The molecule has 2 atom stereocenters. The van der Waals surface area contributed by atoms with Crippen molar-refractivity contribution in [3.8, 4) is 0 Å². The summed E-state index contributed by atoms with van der Waals surface area (Å²) in [6.45, 7) is 0.108. The number of hydrogen-bond acceptors (Lipinski definition) is 5. The Bertz CT molecular complexity index is 598. The second-order valence-corrected chi connectivity index (χ2v) is 6.88. The zero-order chi connectivity index (χ0) is 15.5. The minimum Gasteiger partial charge on any atom is -0.481 e. The van der Waals surface area contributed by atoms with Crippen LogP contribution in [0.3, 0.4) is 0 Å². The zero-order valence-electron chi connectivity index (χ0n) is 11.5. The van der Waals surface area contributed by atoms with Crippen LogP contribution in [0.5, 0.6) is 0 Å². The lowest BCUT2D eigenvalue weighted by atomic mass is 9.93. The highest BCUT2D eigenvalue weighted by Crippen LogP contribution is 2.20. The standard InChI is InChI=1S/C12H19N3O5S/c16-11-4-2-1-3-10(11)14-21(19,20)9-7-13-15(8-9)6-5-12(17)18/h7-8,10-11,14,16H,1-6H2,(H,17,18). The number of rotatable bonds is 6. The first-order valence-corrected chi connectivity index (χ1v) is 8.31. The number of aliphatic hydroxyl groups is 1. The molecule has 0 amide bonds. The zero-order valence-corrected chi connectivity index (χ0v) is 12.3. The Morgan fingerprint density at radius 2 is 2.14 bits per heavy atom. The first kappa shape index (κ1) is 15.9. The van der Waals surface area contributed by atoms with Crippen LogP contribution < -0.4 is 4.72 Å². The number of carboxylic acids is 1. The fraction of sp³-hybridized carbons (Fsp3) is 0.667. The molecule has 1 aromatic heterocycles. The van der Waals surface area contributed by atoms with E-state index in [1.807, 2.05) is 0 Å². The van der Waals surface area contributed by atoms with Gasteiger partial charge in [-0.2, -0.15) is 5.10 Å². The highest BCUT2D eigenvalue weighted by Gasteiger charge is 2.28. The molecule has 1 heterocycles. The molecular weight excluding hydrogens is 298 g/mol. The molecule has 118 valence electrons. The number of aliphatic hydroxyl groups excluding tert-OH is 1. The molecule has 2 rings (SSSR count). The van der Waals surface area contributed by atoms with Gasteiger partial charge in [0.25, 0.3) is 0 Å². The third-order valence-corrected chi connectivity index (χ3v) is 4.96. The molecule has 21 heavy (non-hydrogen) atoms. The molecular formula is C12H19N3O5S. The first-order valence-electron chi connectivity index (χ1n) is 6.83. The Labute approximate surface area is 122 Å². The van der Waals surface area contributed by atoms with Crippen molar-refractivity contribution in [1.29, 1.82) is 0 Å². The lowest BCUT2D eigenvalue weighted by Gasteiger charge is -2.27. The van der Waals surface area contributed by atoms with Crippen molar-refractivity contribution < 1.29 is 23.4 Å². The van der Waals surface area contributed by atoms with Gasteiger partial charge in [-0.25, -0.2) is 13.1 Å². The number of sulfonamides is 1. The van der Waals surface area contributed by atoms with E-state index in [1.165, 1.54) is 17.1 Å². The second-order valence-electron chi connectivity index (χ2n) is 5.16. The van der Waals surface area contributed by atoms with E-state index in [-0.39, 0.29) is 17.9 Å². The number of hydrogen-bond donors (Lipinski definition) is 3. The van der Waals surface area contributed by atoms with Crippen molar-refractivity contribution in [2.24, 2.45) is 0 Å². The van der Waals surface area contributed by atoms with Gasteiger partial charge in [0.2, 0.25) is 10.0 Å². The van der Waals surface area contributed by atoms with Gasteiger partial charge in [-0.3, -0.25) is 9.48 Å². The predicted octanol–water partition coefficient (Wildman–Crippen LogP) is -0.0604. The lowest BCUT2D eigenvalue weighted by molar-refractivity contribution is -0.137. The Morgan fingerprint density at radius 1 is 1.43 bits per heavy atom. The molecule has 0 saturated heterocycles. The topological polar surface area (TPSA) is 122 Å². The predicted molar refractivity (Wildman–Crippen MR) is 73.1 cm³/mol. The number of carboxylic acid groups (broad SMARTS) is 1. The first-order chi connectivity index (χ1) is 9.88. The Morgan fingerprint density at radius 3 is 2.81 bits per heavy atom. The molecule has 0 aliphatic heterocycles. The van der Waals surface area contributed by atoms with Crippen molar-refractivity contribution in [3.63, 3.8) is 0 Å². The van der Waals surface area contributed by atoms with E-state index in [9.17, 15) is 18.3 Å². The summed E-state index contributed by atoms with van der Waals surface area (Å²) in [6, 6.07) is -0.480. The molecule has 1 aromatic rings. The van der Waals surface area contributed by atoms with E-state index in [0.717, 1.165) is 12.8 Å². The van der Waals surface area contributed by atoms with Crippen molar-refractivity contribution in [2.75, 3.05) is 0 Å². The third kappa shape index (κ3) is 4.26. The number of nitrogens with one attached hydrogen (secondary N) is 1. The molecule has 9 heteroatoms. The van der Waals surface area contributed by atoms with Crippen LogP contribution in [-0.2, 0) is 21.4 Å². The quantitative estimate of drug-likeness (QED) is 0.676. The van der Waals surface area contributed by atoms with E-state index >= 15 is 0 Å². The molecule has 0 spiro atoms. The summed E-state index contributed by atoms with van der Waals surface area (Å²) in [5.74, 6) is -0.974. The summed E-state index contributed by atoms with van der Waals surface area (Å²) in [7, 11) is -3.75. The van der Waals surface area contributed by atoms with Gasteiger partial charge in [0, 0.05) is 12.2 Å². The van der Waals surface area contributed by atoms with Crippen LogP contribution in [-0.4, -0.2) is 46.5 Å². The van der Waals surface area contributed by atoms with Gasteiger partial charge >= 0.3 is 5.97 Å². The SMILES string of the molecule is O=C(O)CCn1cc(S(=O)(=O)NC2CCCCC2O)cn1. The maximum atomic E-state index is 12.2.